The van der Waals surface area contributed by atoms with Gasteiger partial charge in [-0.1, -0.05) is 37.7 Å². The van der Waals surface area contributed by atoms with Crippen molar-refractivity contribution in [1.29, 1.82) is 0 Å². The van der Waals surface area contributed by atoms with Crippen LogP contribution < -0.4 is 0 Å². The Morgan fingerprint density at radius 2 is 2.04 bits per heavy atom. The standard InChI is InChI=1S/C20H27N3O3S2/c1-4-22(18-9-12-28(25,26)14-18)19(24)13-27-20-21-10-11-23(20)17-7-5-16(6-8-17)15(2)3/h5-8,10-11,15,18H,4,9,12-14H2,1-3H3/t18-/m0/s1. The summed E-state index contributed by atoms with van der Waals surface area (Å²) in [5.74, 6) is 0.923. The van der Waals surface area contributed by atoms with E-state index in [0.717, 1.165) is 10.8 Å². The predicted molar refractivity (Wildman–Crippen MR) is 113 cm³/mol. The Morgan fingerprint density at radius 3 is 2.61 bits per heavy atom. The van der Waals surface area contributed by atoms with Crippen LogP contribution in [0, 0.1) is 0 Å². The third kappa shape index (κ3) is 4.78. The summed E-state index contributed by atoms with van der Waals surface area (Å²) in [7, 11) is -3.01. The number of thioether (sulfide) groups is 1. The first kappa shape index (κ1) is 20.9. The smallest absolute Gasteiger partial charge is 0.233 e. The van der Waals surface area contributed by atoms with E-state index in [1.807, 2.05) is 17.7 Å². The summed E-state index contributed by atoms with van der Waals surface area (Å²) in [5.41, 5.74) is 2.28. The molecule has 1 atom stereocenters. The molecule has 0 radical (unpaired) electrons. The minimum absolute atomic E-state index is 0.0423. The van der Waals surface area contributed by atoms with Gasteiger partial charge in [-0.25, -0.2) is 13.4 Å². The lowest BCUT2D eigenvalue weighted by Crippen LogP contribution is -2.42. The van der Waals surface area contributed by atoms with Gasteiger partial charge in [0.15, 0.2) is 15.0 Å². The molecule has 1 aromatic carbocycles. The van der Waals surface area contributed by atoms with Gasteiger partial charge in [0.1, 0.15) is 0 Å². The second-order valence-electron chi connectivity index (χ2n) is 7.35. The molecule has 0 unspecified atom stereocenters. The molecule has 6 nitrogen and oxygen atoms in total. The van der Waals surface area contributed by atoms with Crippen molar-refractivity contribution in [2.75, 3.05) is 23.8 Å². The second kappa shape index (κ2) is 8.69. The molecule has 2 aromatic rings. The van der Waals surface area contributed by atoms with Gasteiger partial charge in [0, 0.05) is 30.7 Å². The minimum Gasteiger partial charge on any atom is -0.338 e. The van der Waals surface area contributed by atoms with Gasteiger partial charge in [-0.05, 0) is 37.0 Å². The number of sulfone groups is 1. The third-order valence-corrected chi connectivity index (χ3v) is 7.78. The molecule has 1 saturated heterocycles. The maximum atomic E-state index is 12.7. The number of carbonyl (C=O) groups is 1. The first-order chi connectivity index (χ1) is 13.3. The topological polar surface area (TPSA) is 72.3 Å². The number of aromatic nitrogens is 2. The van der Waals surface area contributed by atoms with E-state index in [1.165, 1.54) is 17.3 Å². The third-order valence-electron chi connectivity index (χ3n) is 5.08. The lowest BCUT2D eigenvalue weighted by Gasteiger charge is -2.26. The van der Waals surface area contributed by atoms with Crippen molar-refractivity contribution in [2.45, 2.75) is 44.3 Å². The fourth-order valence-corrected chi connectivity index (χ4v) is 6.07. The first-order valence-electron chi connectivity index (χ1n) is 9.57. The molecule has 8 heteroatoms. The van der Waals surface area contributed by atoms with E-state index >= 15 is 0 Å². The number of carbonyl (C=O) groups excluding carboxylic acids is 1. The van der Waals surface area contributed by atoms with E-state index in [4.69, 9.17) is 0 Å². The average Bonchev–Trinajstić information content (AvgIpc) is 3.27. The van der Waals surface area contributed by atoms with Crippen molar-refractivity contribution in [1.82, 2.24) is 14.5 Å². The van der Waals surface area contributed by atoms with Crippen molar-refractivity contribution in [3.8, 4) is 5.69 Å². The van der Waals surface area contributed by atoms with Gasteiger partial charge in [-0.15, -0.1) is 0 Å². The van der Waals surface area contributed by atoms with Crippen LogP contribution in [0.15, 0.2) is 41.8 Å². The molecule has 0 N–H and O–H groups in total. The monoisotopic (exact) mass is 421 g/mol. The van der Waals surface area contributed by atoms with E-state index in [0.29, 0.717) is 18.9 Å². The number of benzene rings is 1. The van der Waals surface area contributed by atoms with Crippen LogP contribution in [0.2, 0.25) is 0 Å². The van der Waals surface area contributed by atoms with Crippen LogP contribution in [-0.4, -0.2) is 58.6 Å². The van der Waals surface area contributed by atoms with Crippen LogP contribution in [0.3, 0.4) is 0 Å². The molecule has 0 bridgehead atoms. The van der Waals surface area contributed by atoms with Crippen LogP contribution in [0.1, 0.15) is 38.7 Å². The fourth-order valence-electron chi connectivity index (χ4n) is 3.48. The fraction of sp³-hybridized carbons (Fsp3) is 0.500. The molecule has 0 saturated carbocycles. The summed E-state index contributed by atoms with van der Waals surface area (Å²) in [5, 5.41) is 0.751. The lowest BCUT2D eigenvalue weighted by atomic mass is 10.0. The SMILES string of the molecule is CCN(C(=O)CSc1nccn1-c1ccc(C(C)C)cc1)[C@H]1CCS(=O)(=O)C1. The van der Waals surface area contributed by atoms with Crippen molar-refractivity contribution < 1.29 is 13.2 Å². The molecule has 152 valence electrons. The van der Waals surface area contributed by atoms with Crippen LogP contribution >= 0.6 is 11.8 Å². The summed E-state index contributed by atoms with van der Waals surface area (Å²) in [6, 6.07) is 8.14. The summed E-state index contributed by atoms with van der Waals surface area (Å²) in [4.78, 5) is 18.8. The zero-order valence-corrected chi connectivity index (χ0v) is 18.2. The molecule has 1 aliphatic heterocycles. The van der Waals surface area contributed by atoms with Crippen molar-refractivity contribution in [3.63, 3.8) is 0 Å². The maximum absolute atomic E-state index is 12.7. The highest BCUT2D eigenvalue weighted by Gasteiger charge is 2.33. The number of hydrogen-bond donors (Lipinski definition) is 0. The first-order valence-corrected chi connectivity index (χ1v) is 12.4. The molecular formula is C20H27N3O3S2. The van der Waals surface area contributed by atoms with Gasteiger partial charge in [0.25, 0.3) is 0 Å². The molecule has 3 rings (SSSR count). The lowest BCUT2D eigenvalue weighted by molar-refractivity contribution is -0.129. The maximum Gasteiger partial charge on any atom is 0.233 e. The largest absolute Gasteiger partial charge is 0.338 e. The molecule has 1 aromatic heterocycles. The van der Waals surface area contributed by atoms with E-state index in [9.17, 15) is 13.2 Å². The zero-order chi connectivity index (χ0) is 20.3. The highest BCUT2D eigenvalue weighted by molar-refractivity contribution is 7.99. The van der Waals surface area contributed by atoms with Gasteiger partial charge in [0.05, 0.1) is 17.3 Å². The summed E-state index contributed by atoms with van der Waals surface area (Å²) < 4.78 is 25.4. The van der Waals surface area contributed by atoms with E-state index in [1.54, 1.807) is 11.1 Å². The van der Waals surface area contributed by atoms with Crippen LogP contribution in [0.25, 0.3) is 5.69 Å². The Balaban J connectivity index is 1.66. The Bertz CT molecular complexity index is 920. The zero-order valence-electron chi connectivity index (χ0n) is 16.5. The Kier molecular flexibility index (Phi) is 6.50. The number of nitrogens with zero attached hydrogens (tertiary/aromatic N) is 3. The molecule has 0 aliphatic carbocycles. The van der Waals surface area contributed by atoms with Crippen LogP contribution in [0.5, 0.6) is 0 Å². The summed E-state index contributed by atoms with van der Waals surface area (Å²) >= 11 is 1.38. The van der Waals surface area contributed by atoms with Gasteiger partial charge in [-0.3, -0.25) is 9.36 Å². The van der Waals surface area contributed by atoms with Gasteiger partial charge < -0.3 is 4.90 Å². The van der Waals surface area contributed by atoms with Gasteiger partial charge >= 0.3 is 0 Å². The van der Waals surface area contributed by atoms with Crippen molar-refractivity contribution >= 4 is 27.5 Å². The normalized spacial score (nSPS) is 18.5. The van der Waals surface area contributed by atoms with E-state index in [-0.39, 0.29) is 29.2 Å². The van der Waals surface area contributed by atoms with Gasteiger partial charge in [-0.2, -0.15) is 0 Å². The van der Waals surface area contributed by atoms with Crippen molar-refractivity contribution in [2.24, 2.45) is 0 Å². The molecule has 28 heavy (non-hydrogen) atoms. The average molecular weight is 422 g/mol. The van der Waals surface area contributed by atoms with E-state index < -0.39 is 9.84 Å². The Labute approximate surface area is 171 Å². The highest BCUT2D eigenvalue weighted by Crippen LogP contribution is 2.24. The number of hydrogen-bond acceptors (Lipinski definition) is 5. The van der Waals surface area contributed by atoms with Crippen LogP contribution in [-0.2, 0) is 14.6 Å². The Hall–Kier alpha value is -1.80. The number of amides is 1. The summed E-state index contributed by atoms with van der Waals surface area (Å²) in [6.07, 6.45) is 4.14. The molecule has 0 spiro atoms. The Morgan fingerprint density at radius 1 is 1.32 bits per heavy atom. The predicted octanol–water partition coefficient (Wildman–Crippen LogP) is 3.12. The summed E-state index contributed by atoms with van der Waals surface area (Å²) in [6.45, 7) is 6.73. The molecular weight excluding hydrogens is 394 g/mol. The van der Waals surface area contributed by atoms with E-state index in [2.05, 4.69) is 43.1 Å². The molecule has 1 aliphatic rings. The molecule has 1 fully saturated rings. The molecule has 2 heterocycles. The minimum atomic E-state index is -3.01. The van der Waals surface area contributed by atoms with Crippen LogP contribution in [0.4, 0.5) is 0 Å². The number of imidazole rings is 1. The molecule has 1 amide bonds. The number of rotatable bonds is 7. The quantitative estimate of drug-likeness (QED) is 0.642. The van der Waals surface area contributed by atoms with Crippen molar-refractivity contribution in [3.05, 3.63) is 42.2 Å². The van der Waals surface area contributed by atoms with Gasteiger partial charge in [0.2, 0.25) is 5.91 Å². The second-order valence-corrected chi connectivity index (χ2v) is 10.5. The highest BCUT2D eigenvalue weighted by atomic mass is 32.2.